The van der Waals surface area contributed by atoms with Crippen molar-refractivity contribution < 1.29 is 9.59 Å². The van der Waals surface area contributed by atoms with Crippen LogP contribution in [-0.2, 0) is 4.79 Å². The average molecular weight is 471 g/mol. The van der Waals surface area contributed by atoms with E-state index in [9.17, 15) is 9.59 Å². The molecule has 0 unspecified atom stereocenters. The summed E-state index contributed by atoms with van der Waals surface area (Å²) < 4.78 is 0. The lowest BCUT2D eigenvalue weighted by Gasteiger charge is -2.02. The van der Waals surface area contributed by atoms with E-state index < -0.39 is 11.8 Å². The molecule has 3 aromatic rings. The van der Waals surface area contributed by atoms with E-state index in [2.05, 4.69) is 9.98 Å². The van der Waals surface area contributed by atoms with Crippen molar-refractivity contribution in [3.8, 4) is 0 Å². The molecule has 2 amide bonds. The van der Waals surface area contributed by atoms with Gasteiger partial charge in [0, 0.05) is 11.6 Å². The summed E-state index contributed by atoms with van der Waals surface area (Å²) in [5.41, 5.74) is 21.7. The summed E-state index contributed by atoms with van der Waals surface area (Å²) in [6, 6.07) is 18.0. The molecule has 0 atom stereocenters. The summed E-state index contributed by atoms with van der Waals surface area (Å²) in [4.78, 5) is 29.7. The molecule has 3 rings (SSSR count). The Morgan fingerprint density at radius 3 is 2.09 bits per heavy atom. The minimum Gasteiger partial charge on any atom is -0.370 e. The molecule has 0 aliphatic rings. The smallest absolute Gasteiger partial charge is 0.280 e. The highest BCUT2D eigenvalue weighted by molar-refractivity contribution is 6.42. The molecule has 3 aromatic carbocycles. The predicted molar refractivity (Wildman–Crippen MR) is 130 cm³/mol. The number of fused-ring (bicyclic) bond motifs is 1. The summed E-state index contributed by atoms with van der Waals surface area (Å²) in [5, 5.41) is 2.70. The van der Waals surface area contributed by atoms with Crippen LogP contribution in [0.3, 0.4) is 0 Å². The van der Waals surface area contributed by atoms with Gasteiger partial charge in [-0.3, -0.25) is 9.59 Å². The fourth-order valence-electron chi connectivity index (χ4n) is 2.54. The molecule has 0 aliphatic heterocycles. The highest BCUT2D eigenvalue weighted by Gasteiger charge is 2.08. The van der Waals surface area contributed by atoms with Crippen molar-refractivity contribution in [1.82, 2.24) is 0 Å². The van der Waals surface area contributed by atoms with Gasteiger partial charge in [-0.2, -0.15) is 9.98 Å². The Kier molecular flexibility index (Phi) is 8.76. The zero-order chi connectivity index (χ0) is 23.7. The van der Waals surface area contributed by atoms with Crippen molar-refractivity contribution in [2.24, 2.45) is 32.9 Å². The summed E-state index contributed by atoms with van der Waals surface area (Å²) in [6.45, 7) is 0. The number of rotatable bonds is 3. The highest BCUT2D eigenvalue weighted by atomic mass is 35.5. The average Bonchev–Trinajstić information content (AvgIpc) is 2.73. The third-order valence-corrected chi connectivity index (χ3v) is 4.59. The number of aliphatic imine (C=N–C) groups is 2. The van der Waals surface area contributed by atoms with Gasteiger partial charge in [0.25, 0.3) is 11.8 Å². The van der Waals surface area contributed by atoms with E-state index in [1.807, 2.05) is 30.3 Å². The molecule has 32 heavy (non-hydrogen) atoms. The molecule has 0 radical (unpaired) electrons. The van der Waals surface area contributed by atoms with Crippen LogP contribution in [0, 0.1) is 0 Å². The Labute approximate surface area is 194 Å². The lowest BCUT2D eigenvalue weighted by atomic mass is 10.0. The number of hydrogen-bond donors (Lipinski definition) is 4. The molecular weight excluding hydrogens is 451 g/mol. The Morgan fingerprint density at radius 1 is 0.781 bits per heavy atom. The van der Waals surface area contributed by atoms with Crippen LogP contribution in [0.5, 0.6) is 0 Å². The molecule has 0 spiro atoms. The van der Waals surface area contributed by atoms with E-state index in [4.69, 9.17) is 46.1 Å². The molecule has 0 bridgehead atoms. The number of hydrogen-bond acceptors (Lipinski definition) is 2. The summed E-state index contributed by atoms with van der Waals surface area (Å²) in [5.74, 6) is -1.45. The van der Waals surface area contributed by atoms with Crippen LogP contribution in [0.25, 0.3) is 16.8 Å². The Hall–Kier alpha value is -3.88. The second kappa shape index (κ2) is 11.5. The van der Waals surface area contributed by atoms with Gasteiger partial charge in [-0.05, 0) is 40.6 Å². The van der Waals surface area contributed by atoms with Gasteiger partial charge < -0.3 is 22.9 Å². The summed E-state index contributed by atoms with van der Waals surface area (Å²) in [6.07, 6.45) is 2.77. The molecular formula is C22H20Cl2N6O2. The Morgan fingerprint density at radius 2 is 1.44 bits per heavy atom. The van der Waals surface area contributed by atoms with Crippen LogP contribution >= 0.6 is 23.2 Å². The van der Waals surface area contributed by atoms with E-state index in [0.717, 1.165) is 16.3 Å². The minimum absolute atomic E-state index is 0.224. The van der Waals surface area contributed by atoms with Gasteiger partial charge in [0.2, 0.25) is 0 Å². The normalized spacial score (nSPS) is 10.2. The lowest BCUT2D eigenvalue weighted by Crippen LogP contribution is -2.24. The second-order valence-electron chi connectivity index (χ2n) is 6.25. The van der Waals surface area contributed by atoms with Gasteiger partial charge >= 0.3 is 0 Å². The predicted octanol–water partition coefficient (Wildman–Crippen LogP) is 3.06. The maximum atomic E-state index is 11.7. The molecule has 8 nitrogen and oxygen atoms in total. The van der Waals surface area contributed by atoms with E-state index >= 15 is 0 Å². The van der Waals surface area contributed by atoms with Crippen LogP contribution in [0.1, 0.15) is 15.9 Å². The first-order valence-electron chi connectivity index (χ1n) is 9.06. The maximum Gasteiger partial charge on any atom is 0.280 e. The zero-order valence-corrected chi connectivity index (χ0v) is 18.2. The van der Waals surface area contributed by atoms with E-state index in [1.165, 1.54) is 12.2 Å². The summed E-state index contributed by atoms with van der Waals surface area (Å²) in [7, 11) is 0. The largest absolute Gasteiger partial charge is 0.370 e. The van der Waals surface area contributed by atoms with Gasteiger partial charge in [0.1, 0.15) is 0 Å². The summed E-state index contributed by atoms with van der Waals surface area (Å²) >= 11 is 11.5. The molecule has 0 aliphatic carbocycles. The third kappa shape index (κ3) is 7.42. The van der Waals surface area contributed by atoms with Gasteiger partial charge in [-0.25, -0.2) is 0 Å². The number of carbonyl (C=O) groups excluding carboxylic acids is 2. The molecule has 0 aromatic heterocycles. The molecule has 164 valence electrons. The Balaban J connectivity index is 0.000000227. The fraction of sp³-hybridized carbons (Fsp3) is 0. The number of halogens is 2. The van der Waals surface area contributed by atoms with Crippen molar-refractivity contribution in [3.05, 3.63) is 87.9 Å². The van der Waals surface area contributed by atoms with E-state index in [0.29, 0.717) is 15.6 Å². The van der Waals surface area contributed by atoms with Crippen molar-refractivity contribution >= 4 is 63.8 Å². The molecule has 0 saturated heterocycles. The van der Waals surface area contributed by atoms with Crippen LogP contribution < -0.4 is 22.9 Å². The third-order valence-electron chi connectivity index (χ3n) is 3.85. The topological polar surface area (TPSA) is 163 Å². The first kappa shape index (κ1) is 24.4. The highest BCUT2D eigenvalue weighted by Crippen LogP contribution is 2.23. The number of guanidine groups is 2. The van der Waals surface area contributed by atoms with Crippen LogP contribution in [0.2, 0.25) is 10.0 Å². The van der Waals surface area contributed by atoms with Crippen molar-refractivity contribution in [1.29, 1.82) is 0 Å². The molecule has 0 heterocycles. The molecule has 10 heteroatoms. The quantitative estimate of drug-likeness (QED) is 0.261. The number of benzene rings is 3. The van der Waals surface area contributed by atoms with Gasteiger partial charge in [-0.15, -0.1) is 0 Å². The standard InChI is InChI=1S/C12H11N3O.C10H9Cl2N3O/c13-12(14)15-11(16)10-7-3-5-8-4-1-2-6-9(8)10;11-7-3-1-6(5-8(7)12)2-4-9(16)15-10(13)14/h1-7H,(H4,13,14,15,16);1-5H,(H4,13,14,15,16). The minimum atomic E-state index is -0.536. The van der Waals surface area contributed by atoms with Crippen molar-refractivity contribution in [2.75, 3.05) is 0 Å². The maximum absolute atomic E-state index is 11.7. The Bertz CT molecular complexity index is 1220. The second-order valence-corrected chi connectivity index (χ2v) is 7.06. The van der Waals surface area contributed by atoms with Crippen LogP contribution in [0.4, 0.5) is 0 Å². The van der Waals surface area contributed by atoms with Crippen molar-refractivity contribution in [3.63, 3.8) is 0 Å². The fourth-order valence-corrected chi connectivity index (χ4v) is 2.84. The van der Waals surface area contributed by atoms with Gasteiger partial charge in [0.05, 0.1) is 10.0 Å². The number of nitrogens with zero attached hydrogens (tertiary/aromatic N) is 2. The van der Waals surface area contributed by atoms with E-state index in [1.54, 1.807) is 30.3 Å². The van der Waals surface area contributed by atoms with Crippen molar-refractivity contribution in [2.45, 2.75) is 0 Å². The first-order valence-corrected chi connectivity index (χ1v) is 9.81. The van der Waals surface area contributed by atoms with Crippen LogP contribution in [-0.4, -0.2) is 23.7 Å². The van der Waals surface area contributed by atoms with Gasteiger partial charge in [0.15, 0.2) is 11.9 Å². The lowest BCUT2D eigenvalue weighted by molar-refractivity contribution is -0.113. The SMILES string of the molecule is NC(N)=NC(=O)C=Cc1ccc(Cl)c(Cl)c1.NC(N)=NC(=O)c1cccc2ccccc12. The molecule has 0 fully saturated rings. The van der Waals surface area contributed by atoms with Crippen LogP contribution in [0.15, 0.2) is 76.7 Å². The van der Waals surface area contributed by atoms with Gasteiger partial charge in [-0.1, -0.05) is 65.7 Å². The number of nitrogens with two attached hydrogens (primary N) is 4. The number of amides is 2. The first-order chi connectivity index (χ1) is 15.2. The molecule has 0 saturated carbocycles. The number of carbonyl (C=O) groups is 2. The zero-order valence-electron chi connectivity index (χ0n) is 16.7. The molecule has 8 N–H and O–H groups in total. The van der Waals surface area contributed by atoms with E-state index in [-0.39, 0.29) is 11.9 Å². The monoisotopic (exact) mass is 470 g/mol.